The van der Waals surface area contributed by atoms with E-state index in [4.69, 9.17) is 16.3 Å². The number of nitrogens with zero attached hydrogens (tertiary/aromatic N) is 1. The van der Waals surface area contributed by atoms with Crippen molar-refractivity contribution in [1.82, 2.24) is 0 Å². The molecule has 0 radical (unpaired) electrons. The molecule has 0 aliphatic rings. The second kappa shape index (κ2) is 11.7. The van der Waals surface area contributed by atoms with Crippen LogP contribution < -0.4 is 10.1 Å². The number of nitrogens with one attached hydrogen (secondary N) is 1. The van der Waals surface area contributed by atoms with Crippen LogP contribution in [0, 0.1) is 29.0 Å². The van der Waals surface area contributed by atoms with E-state index in [2.05, 4.69) is 73.1 Å². The summed E-state index contributed by atoms with van der Waals surface area (Å²) in [7, 11) is 0. The zero-order chi connectivity index (χ0) is 23.3. The van der Waals surface area contributed by atoms with Crippen molar-refractivity contribution in [3.8, 4) is 11.8 Å². The quantitative estimate of drug-likeness (QED) is 0.160. The van der Waals surface area contributed by atoms with Gasteiger partial charge in [0, 0.05) is 14.3 Å². The van der Waals surface area contributed by atoms with E-state index in [-0.39, 0.29) is 5.57 Å². The molecule has 1 N–H and O–H groups in total. The van der Waals surface area contributed by atoms with Gasteiger partial charge in [-0.05, 0) is 134 Å². The lowest BCUT2D eigenvalue weighted by Crippen LogP contribution is -2.13. The lowest BCUT2D eigenvalue weighted by molar-refractivity contribution is -0.112. The summed E-state index contributed by atoms with van der Waals surface area (Å²) >= 11 is 12.8. The summed E-state index contributed by atoms with van der Waals surface area (Å²) in [4.78, 5) is 12.6. The van der Waals surface area contributed by atoms with Gasteiger partial charge in [-0.3, -0.25) is 4.79 Å². The van der Waals surface area contributed by atoms with Crippen molar-refractivity contribution < 1.29 is 9.53 Å². The highest BCUT2D eigenvalue weighted by molar-refractivity contribution is 14.1. The Bertz CT molecular complexity index is 1210. The van der Waals surface area contributed by atoms with Crippen molar-refractivity contribution >= 4 is 97.0 Å². The third kappa shape index (κ3) is 6.82. The van der Waals surface area contributed by atoms with Gasteiger partial charge in [0.1, 0.15) is 24.0 Å². The van der Waals surface area contributed by atoms with Crippen molar-refractivity contribution in [3.63, 3.8) is 0 Å². The molecule has 3 aromatic carbocycles. The van der Waals surface area contributed by atoms with Gasteiger partial charge in [0.05, 0.1) is 7.14 Å². The molecule has 0 unspecified atom stereocenters. The fourth-order valence-corrected chi connectivity index (χ4v) is 5.39. The zero-order valence-corrected chi connectivity index (χ0v) is 24.0. The van der Waals surface area contributed by atoms with Crippen LogP contribution in [-0.4, -0.2) is 5.91 Å². The number of halogens is 4. The Balaban J connectivity index is 1.77. The Morgan fingerprint density at radius 1 is 1.09 bits per heavy atom. The van der Waals surface area contributed by atoms with Crippen LogP contribution in [0.4, 0.5) is 5.69 Å². The molecule has 1 amide bonds. The normalized spacial score (nSPS) is 11.1. The monoisotopic (exact) mass is 780 g/mol. The summed E-state index contributed by atoms with van der Waals surface area (Å²) in [5.41, 5.74) is 3.28. The number of anilines is 1. The minimum atomic E-state index is -0.489. The Labute approximate surface area is 232 Å². The van der Waals surface area contributed by atoms with E-state index in [0.717, 1.165) is 29.6 Å². The molecule has 3 rings (SSSR count). The van der Waals surface area contributed by atoms with Gasteiger partial charge in [0.15, 0.2) is 0 Å². The van der Waals surface area contributed by atoms with Crippen LogP contribution in [0.25, 0.3) is 6.08 Å². The number of benzene rings is 3. The first kappa shape index (κ1) is 25.3. The van der Waals surface area contributed by atoms with E-state index < -0.39 is 5.91 Å². The summed E-state index contributed by atoms with van der Waals surface area (Å²) in [5, 5.41) is 12.8. The van der Waals surface area contributed by atoms with Gasteiger partial charge in [-0.25, -0.2) is 0 Å². The molecule has 3 aromatic rings. The molecule has 0 fully saturated rings. The molecular formula is C24H16ClI3N2O2. The van der Waals surface area contributed by atoms with Crippen LogP contribution in [0.3, 0.4) is 0 Å². The summed E-state index contributed by atoms with van der Waals surface area (Å²) in [5.74, 6) is 0.288. The molecule has 0 spiro atoms. The lowest BCUT2D eigenvalue weighted by Gasteiger charge is -2.12. The molecule has 4 nitrogen and oxygen atoms in total. The maximum absolute atomic E-state index is 12.6. The summed E-state index contributed by atoms with van der Waals surface area (Å²) in [6, 6.07) is 19.1. The molecule has 162 valence electrons. The van der Waals surface area contributed by atoms with Gasteiger partial charge >= 0.3 is 0 Å². The molecule has 32 heavy (non-hydrogen) atoms. The van der Waals surface area contributed by atoms with Crippen molar-refractivity contribution in [1.29, 1.82) is 5.26 Å². The van der Waals surface area contributed by atoms with Crippen LogP contribution in [-0.2, 0) is 11.4 Å². The van der Waals surface area contributed by atoms with Crippen molar-refractivity contribution in [3.05, 3.63) is 92.6 Å². The summed E-state index contributed by atoms with van der Waals surface area (Å²) in [6.45, 7) is 2.34. The SMILES string of the molecule is Cc1ccc(NC(=O)/C(C#N)=C\c2cc(I)c(OCc3ccc(I)cc3)c(I)c2)cc1Cl. The van der Waals surface area contributed by atoms with E-state index in [1.807, 2.05) is 55.5 Å². The average Bonchev–Trinajstić information content (AvgIpc) is 2.75. The molecule has 0 saturated carbocycles. The van der Waals surface area contributed by atoms with E-state index in [0.29, 0.717) is 17.3 Å². The Kier molecular flexibility index (Phi) is 9.22. The van der Waals surface area contributed by atoms with E-state index in [1.165, 1.54) is 3.57 Å². The van der Waals surface area contributed by atoms with E-state index >= 15 is 0 Å². The number of aryl methyl sites for hydroxylation is 1. The van der Waals surface area contributed by atoms with E-state index in [1.54, 1.807) is 18.2 Å². The van der Waals surface area contributed by atoms with Gasteiger partial charge in [-0.1, -0.05) is 29.8 Å². The smallest absolute Gasteiger partial charge is 0.266 e. The highest BCUT2D eigenvalue weighted by Crippen LogP contribution is 2.31. The number of hydrogen-bond donors (Lipinski definition) is 1. The number of amides is 1. The molecular weight excluding hydrogens is 764 g/mol. The molecule has 8 heteroatoms. The Hall–Kier alpha value is -1.36. The largest absolute Gasteiger partial charge is 0.487 e. The number of carbonyl (C=O) groups excluding carboxylic acids is 1. The minimum absolute atomic E-state index is 0.000791. The number of carbonyl (C=O) groups is 1. The Morgan fingerprint density at radius 2 is 1.75 bits per heavy atom. The number of rotatable bonds is 6. The summed E-state index contributed by atoms with van der Waals surface area (Å²) < 4.78 is 9.00. The first-order valence-corrected chi connectivity index (χ1v) is 12.9. The molecule has 0 aromatic heterocycles. The van der Waals surface area contributed by atoms with Crippen molar-refractivity contribution in [2.45, 2.75) is 13.5 Å². The number of nitriles is 1. The highest BCUT2D eigenvalue weighted by atomic mass is 127. The van der Waals surface area contributed by atoms with E-state index in [9.17, 15) is 10.1 Å². The van der Waals surface area contributed by atoms with Gasteiger partial charge in [0.25, 0.3) is 5.91 Å². The first-order chi connectivity index (χ1) is 15.3. The van der Waals surface area contributed by atoms with Crippen LogP contribution in [0.15, 0.2) is 60.2 Å². The number of ether oxygens (including phenoxy) is 1. The third-order valence-electron chi connectivity index (χ3n) is 4.42. The fourth-order valence-electron chi connectivity index (χ4n) is 2.72. The maximum Gasteiger partial charge on any atom is 0.266 e. The molecule has 0 atom stereocenters. The maximum atomic E-state index is 12.6. The van der Waals surface area contributed by atoms with Crippen LogP contribution in [0.2, 0.25) is 5.02 Å². The molecule has 0 bridgehead atoms. The standard InChI is InChI=1S/C24H16ClI3N2O2/c1-14-2-7-19(11-20(14)25)30-24(31)17(12-29)8-16-9-21(27)23(22(28)10-16)32-13-15-3-5-18(26)6-4-15/h2-11H,13H2,1H3,(H,30,31)/b17-8-. The first-order valence-electron chi connectivity index (χ1n) is 9.32. The molecule has 0 aliphatic heterocycles. The molecule has 0 heterocycles. The van der Waals surface area contributed by atoms with Crippen LogP contribution >= 0.6 is 79.4 Å². The number of hydrogen-bond acceptors (Lipinski definition) is 3. The highest BCUT2D eigenvalue weighted by Gasteiger charge is 2.13. The van der Waals surface area contributed by atoms with Crippen LogP contribution in [0.1, 0.15) is 16.7 Å². The average molecular weight is 781 g/mol. The van der Waals surface area contributed by atoms with Crippen molar-refractivity contribution in [2.75, 3.05) is 5.32 Å². The fraction of sp³-hybridized carbons (Fsp3) is 0.0833. The zero-order valence-electron chi connectivity index (χ0n) is 16.8. The second-order valence-electron chi connectivity index (χ2n) is 6.82. The third-order valence-corrected chi connectivity index (χ3v) is 7.15. The van der Waals surface area contributed by atoms with Crippen LogP contribution in [0.5, 0.6) is 5.75 Å². The minimum Gasteiger partial charge on any atom is -0.487 e. The predicted octanol–water partition coefficient (Wildman–Crippen LogP) is 7.59. The van der Waals surface area contributed by atoms with Gasteiger partial charge in [0.2, 0.25) is 0 Å². The topological polar surface area (TPSA) is 62.1 Å². The lowest BCUT2D eigenvalue weighted by atomic mass is 10.1. The van der Waals surface area contributed by atoms with Gasteiger partial charge in [-0.2, -0.15) is 5.26 Å². The molecule has 0 saturated heterocycles. The van der Waals surface area contributed by atoms with Crippen molar-refractivity contribution in [2.24, 2.45) is 0 Å². The molecule has 0 aliphatic carbocycles. The van der Waals surface area contributed by atoms with Gasteiger partial charge < -0.3 is 10.1 Å². The van der Waals surface area contributed by atoms with Gasteiger partial charge in [-0.15, -0.1) is 0 Å². The summed E-state index contributed by atoms with van der Waals surface area (Å²) in [6.07, 6.45) is 1.57. The predicted molar refractivity (Wildman–Crippen MR) is 154 cm³/mol. The Morgan fingerprint density at radius 3 is 2.34 bits per heavy atom. The second-order valence-corrected chi connectivity index (χ2v) is 10.8.